The largest absolute Gasteiger partial charge is 0.439 e. The first-order chi connectivity index (χ1) is 11.6. The Kier molecular flexibility index (Phi) is 3.56. The molecule has 0 fully saturated rings. The summed E-state index contributed by atoms with van der Waals surface area (Å²) >= 11 is 0. The first-order valence-electron chi connectivity index (χ1n) is 8.03. The summed E-state index contributed by atoms with van der Waals surface area (Å²) in [6.07, 6.45) is 2.50. The zero-order valence-electron chi connectivity index (χ0n) is 13.7. The van der Waals surface area contributed by atoms with Gasteiger partial charge in [0.1, 0.15) is 23.0 Å². The van der Waals surface area contributed by atoms with Crippen molar-refractivity contribution in [1.82, 2.24) is 9.97 Å². The van der Waals surface area contributed by atoms with E-state index < -0.39 is 0 Å². The van der Waals surface area contributed by atoms with Gasteiger partial charge in [0.25, 0.3) is 0 Å². The molecule has 122 valence electrons. The molecule has 0 amide bonds. The van der Waals surface area contributed by atoms with E-state index in [1.165, 1.54) is 6.07 Å². The minimum atomic E-state index is -0.208. The SMILES string of the molecule is Cc1cc(F)cc(N2CCc3oc(-c4ncccc4C)nc3C2)c1. The van der Waals surface area contributed by atoms with Crippen molar-refractivity contribution in [3.63, 3.8) is 0 Å². The fraction of sp³-hybridized carbons (Fsp3) is 0.263. The minimum Gasteiger partial charge on any atom is -0.439 e. The molecule has 1 aliphatic heterocycles. The molecule has 0 saturated heterocycles. The van der Waals surface area contributed by atoms with Gasteiger partial charge in [-0.15, -0.1) is 0 Å². The molecule has 5 heteroatoms. The second-order valence-corrected chi connectivity index (χ2v) is 6.22. The highest BCUT2D eigenvalue weighted by atomic mass is 19.1. The van der Waals surface area contributed by atoms with Gasteiger partial charge in [0, 0.05) is 24.8 Å². The Hall–Kier alpha value is -2.69. The summed E-state index contributed by atoms with van der Waals surface area (Å²) in [5.41, 5.74) is 4.52. The maximum absolute atomic E-state index is 13.7. The molecule has 2 aromatic heterocycles. The number of hydrogen-bond acceptors (Lipinski definition) is 4. The van der Waals surface area contributed by atoms with Gasteiger partial charge in [0.15, 0.2) is 0 Å². The van der Waals surface area contributed by atoms with Gasteiger partial charge in [-0.3, -0.25) is 4.98 Å². The highest BCUT2D eigenvalue weighted by Gasteiger charge is 2.24. The second kappa shape index (κ2) is 5.74. The Bertz CT molecular complexity index is 883. The maximum Gasteiger partial charge on any atom is 0.245 e. The second-order valence-electron chi connectivity index (χ2n) is 6.22. The molecule has 3 aromatic rings. The number of anilines is 1. The van der Waals surface area contributed by atoms with Crippen molar-refractivity contribution in [2.75, 3.05) is 11.4 Å². The number of halogens is 1. The third-order valence-corrected chi connectivity index (χ3v) is 4.33. The zero-order chi connectivity index (χ0) is 16.7. The number of fused-ring (bicyclic) bond motifs is 1. The van der Waals surface area contributed by atoms with Gasteiger partial charge in [-0.05, 0) is 49.2 Å². The third-order valence-electron chi connectivity index (χ3n) is 4.33. The van der Waals surface area contributed by atoms with Crippen LogP contribution in [0.4, 0.5) is 10.1 Å². The van der Waals surface area contributed by atoms with Crippen LogP contribution in [-0.4, -0.2) is 16.5 Å². The van der Waals surface area contributed by atoms with Crippen molar-refractivity contribution in [2.45, 2.75) is 26.8 Å². The van der Waals surface area contributed by atoms with Crippen molar-refractivity contribution >= 4 is 5.69 Å². The molecule has 4 rings (SSSR count). The van der Waals surface area contributed by atoms with Gasteiger partial charge >= 0.3 is 0 Å². The van der Waals surface area contributed by atoms with Crippen LogP contribution in [0.25, 0.3) is 11.6 Å². The summed E-state index contributed by atoms with van der Waals surface area (Å²) in [5.74, 6) is 1.26. The summed E-state index contributed by atoms with van der Waals surface area (Å²) in [6.45, 7) is 5.30. The van der Waals surface area contributed by atoms with Crippen molar-refractivity contribution < 1.29 is 8.81 Å². The highest BCUT2D eigenvalue weighted by molar-refractivity contribution is 5.54. The number of pyridine rings is 1. The zero-order valence-corrected chi connectivity index (χ0v) is 13.7. The van der Waals surface area contributed by atoms with Crippen LogP contribution >= 0.6 is 0 Å². The van der Waals surface area contributed by atoms with E-state index >= 15 is 0 Å². The van der Waals surface area contributed by atoms with Crippen molar-refractivity contribution in [2.24, 2.45) is 0 Å². The summed E-state index contributed by atoms with van der Waals surface area (Å²) in [6, 6.07) is 9.00. The monoisotopic (exact) mass is 323 g/mol. The Balaban J connectivity index is 1.65. The van der Waals surface area contributed by atoms with E-state index in [0.717, 1.165) is 46.9 Å². The van der Waals surface area contributed by atoms with E-state index in [1.54, 1.807) is 12.3 Å². The van der Waals surface area contributed by atoms with E-state index in [1.807, 2.05) is 32.0 Å². The molecule has 0 unspecified atom stereocenters. The van der Waals surface area contributed by atoms with Gasteiger partial charge in [0.05, 0.1) is 6.54 Å². The molecule has 0 N–H and O–H groups in total. The fourth-order valence-electron chi connectivity index (χ4n) is 3.13. The van der Waals surface area contributed by atoms with Gasteiger partial charge in [0.2, 0.25) is 5.89 Å². The Morgan fingerprint density at radius 1 is 1.21 bits per heavy atom. The number of rotatable bonds is 2. The molecule has 1 aromatic carbocycles. The predicted molar refractivity (Wildman–Crippen MR) is 90.4 cm³/mol. The third kappa shape index (κ3) is 2.66. The number of oxazole rings is 1. The van der Waals surface area contributed by atoms with Crippen molar-refractivity contribution in [1.29, 1.82) is 0 Å². The lowest BCUT2D eigenvalue weighted by Crippen LogP contribution is -2.30. The molecule has 24 heavy (non-hydrogen) atoms. The van der Waals surface area contributed by atoms with E-state index in [2.05, 4.69) is 14.9 Å². The standard InChI is InChI=1S/C19H18FN3O/c1-12-8-14(20)10-15(9-12)23-7-5-17-16(11-23)22-19(24-17)18-13(2)4-3-6-21-18/h3-4,6,8-10H,5,7,11H2,1-2H3. The number of nitrogens with zero attached hydrogens (tertiary/aromatic N) is 3. The Morgan fingerprint density at radius 3 is 2.88 bits per heavy atom. The topological polar surface area (TPSA) is 42.2 Å². The predicted octanol–water partition coefficient (Wildman–Crippen LogP) is 4.06. The maximum atomic E-state index is 13.7. The average molecular weight is 323 g/mol. The highest BCUT2D eigenvalue weighted by Crippen LogP contribution is 2.29. The molecular weight excluding hydrogens is 305 g/mol. The average Bonchev–Trinajstić information content (AvgIpc) is 2.97. The lowest BCUT2D eigenvalue weighted by Gasteiger charge is -2.27. The molecule has 0 saturated carbocycles. The number of benzene rings is 1. The van der Waals surface area contributed by atoms with Crippen LogP contribution in [-0.2, 0) is 13.0 Å². The quantitative estimate of drug-likeness (QED) is 0.713. The summed E-state index contributed by atoms with van der Waals surface area (Å²) < 4.78 is 19.6. The van der Waals surface area contributed by atoms with Crippen molar-refractivity contribution in [3.05, 3.63) is 64.9 Å². The van der Waals surface area contributed by atoms with E-state index in [-0.39, 0.29) is 5.82 Å². The molecule has 0 bridgehead atoms. The van der Waals surface area contributed by atoms with E-state index in [0.29, 0.717) is 12.4 Å². The molecule has 0 atom stereocenters. The number of aromatic nitrogens is 2. The molecule has 0 aliphatic carbocycles. The van der Waals surface area contributed by atoms with Crippen molar-refractivity contribution in [3.8, 4) is 11.6 Å². The molecule has 1 aliphatic rings. The summed E-state index contributed by atoms with van der Waals surface area (Å²) in [7, 11) is 0. The van der Waals surface area contributed by atoms with Gasteiger partial charge in [-0.25, -0.2) is 9.37 Å². The summed E-state index contributed by atoms with van der Waals surface area (Å²) in [4.78, 5) is 11.1. The Labute approximate surface area is 140 Å². The number of hydrogen-bond donors (Lipinski definition) is 0. The van der Waals surface area contributed by atoms with Crippen LogP contribution in [0.5, 0.6) is 0 Å². The van der Waals surface area contributed by atoms with Crippen LogP contribution in [0.3, 0.4) is 0 Å². The molecule has 3 heterocycles. The minimum absolute atomic E-state index is 0.208. The molecular formula is C19H18FN3O. The lowest BCUT2D eigenvalue weighted by atomic mass is 10.1. The fourth-order valence-corrected chi connectivity index (χ4v) is 3.13. The first-order valence-corrected chi connectivity index (χ1v) is 8.03. The van der Waals surface area contributed by atoms with Crippen LogP contribution < -0.4 is 4.90 Å². The normalized spacial score (nSPS) is 13.9. The van der Waals surface area contributed by atoms with Gasteiger partial charge in [-0.2, -0.15) is 0 Å². The summed E-state index contributed by atoms with van der Waals surface area (Å²) in [5, 5.41) is 0. The van der Waals surface area contributed by atoms with Gasteiger partial charge in [-0.1, -0.05) is 6.07 Å². The molecule has 0 radical (unpaired) electrons. The van der Waals surface area contributed by atoms with E-state index in [4.69, 9.17) is 4.42 Å². The van der Waals surface area contributed by atoms with Crippen LogP contribution in [0.1, 0.15) is 22.6 Å². The van der Waals surface area contributed by atoms with Crippen LogP contribution in [0.2, 0.25) is 0 Å². The Morgan fingerprint density at radius 2 is 2.08 bits per heavy atom. The first kappa shape index (κ1) is 14.9. The van der Waals surface area contributed by atoms with E-state index in [9.17, 15) is 4.39 Å². The molecule has 0 spiro atoms. The molecule has 4 nitrogen and oxygen atoms in total. The van der Waals surface area contributed by atoms with Crippen LogP contribution in [0.15, 0.2) is 40.9 Å². The number of aryl methyl sites for hydroxylation is 2. The van der Waals surface area contributed by atoms with Gasteiger partial charge < -0.3 is 9.32 Å². The van der Waals surface area contributed by atoms with Crippen LogP contribution in [0, 0.1) is 19.7 Å². The smallest absolute Gasteiger partial charge is 0.245 e. The lowest BCUT2D eigenvalue weighted by molar-refractivity contribution is 0.497.